The van der Waals surface area contributed by atoms with Crippen molar-refractivity contribution in [1.82, 2.24) is 0 Å². The van der Waals surface area contributed by atoms with Crippen LogP contribution in [0.2, 0.25) is 0 Å². The van der Waals surface area contributed by atoms with Crippen LogP contribution in [0.15, 0.2) is 60.8 Å². The minimum Gasteiger partial charge on any atom is -0.544 e. The molecule has 50 heavy (non-hydrogen) atoms. The van der Waals surface area contributed by atoms with Crippen LogP contribution < -0.4 is 5.11 Å². The minimum atomic E-state index is -1.14. The van der Waals surface area contributed by atoms with Gasteiger partial charge in [0.05, 0.1) is 40.3 Å². The second kappa shape index (κ2) is 33.2. The molecule has 0 fully saturated rings. The van der Waals surface area contributed by atoms with E-state index < -0.39 is 18.1 Å². The molecule has 0 spiro atoms. The normalized spacial score (nSPS) is 13.7. The van der Waals surface area contributed by atoms with Gasteiger partial charge in [-0.1, -0.05) is 120 Å². The number of carboxylic acid groups (broad SMARTS) is 1. The molecule has 0 saturated carbocycles. The first kappa shape index (κ1) is 47.0. The van der Waals surface area contributed by atoms with Crippen molar-refractivity contribution in [3.8, 4) is 0 Å². The molecule has 8 nitrogen and oxygen atoms in total. The summed E-state index contributed by atoms with van der Waals surface area (Å²) in [6.07, 6.45) is 38.2. The number of hydrogen-bond donors (Lipinski definition) is 0. The number of nitrogens with zero attached hydrogens (tertiary/aromatic N) is 1. The molecular weight excluding hydrogens is 630 g/mol. The highest BCUT2D eigenvalue weighted by Gasteiger charge is 2.25. The molecule has 0 rings (SSSR count). The molecule has 0 aromatic carbocycles. The molecule has 0 aliphatic heterocycles. The summed E-state index contributed by atoms with van der Waals surface area (Å²) < 4.78 is 17.0. The summed E-state index contributed by atoms with van der Waals surface area (Å²) >= 11 is 0. The SMILES string of the molecule is CC/C=C/C=C/C=C/C=C/CCCCCC(=O)OC(COCCC(C(=O)[O-])[N+](C)(C)C)COC(=O)CCCCC/C=C/CCCCCCCC. The van der Waals surface area contributed by atoms with Gasteiger partial charge in [0.25, 0.3) is 0 Å². The lowest BCUT2D eigenvalue weighted by molar-refractivity contribution is -0.889. The Bertz CT molecular complexity index is 1010. The highest BCUT2D eigenvalue weighted by atomic mass is 16.6. The van der Waals surface area contributed by atoms with Crippen molar-refractivity contribution in [3.05, 3.63) is 60.8 Å². The van der Waals surface area contributed by atoms with E-state index in [0.717, 1.165) is 57.8 Å². The molecule has 0 radical (unpaired) electrons. The third-order valence-electron chi connectivity index (χ3n) is 8.23. The van der Waals surface area contributed by atoms with Crippen LogP contribution in [-0.2, 0) is 28.6 Å². The van der Waals surface area contributed by atoms with Crippen molar-refractivity contribution in [3.63, 3.8) is 0 Å². The number of ether oxygens (including phenoxy) is 3. The standard InChI is InChI=1S/C42H71NO7/c1-6-8-10-12-14-16-18-20-22-24-26-28-30-32-40(44)49-37-38(36-48-35-34-39(42(46)47)43(3,4)5)50-41(45)33-31-29-27-25-23-21-19-17-15-13-11-9-7-2/h9,11,13,15,17,19-23,38-39H,6-8,10,12,14,16,18,24-37H2,1-5H3/b11-9+,15-13+,19-17+,22-20+,23-21+. The number of allylic oxidation sites excluding steroid dienone is 10. The zero-order valence-electron chi connectivity index (χ0n) is 32.3. The molecule has 0 amide bonds. The monoisotopic (exact) mass is 702 g/mol. The van der Waals surface area contributed by atoms with Crippen molar-refractivity contribution in [2.24, 2.45) is 0 Å². The number of rotatable bonds is 33. The molecule has 0 aromatic rings. The molecule has 0 heterocycles. The van der Waals surface area contributed by atoms with Gasteiger partial charge in [0, 0.05) is 19.3 Å². The van der Waals surface area contributed by atoms with Gasteiger partial charge >= 0.3 is 11.9 Å². The molecule has 0 saturated heterocycles. The number of carboxylic acids is 1. The van der Waals surface area contributed by atoms with E-state index in [1.165, 1.54) is 38.5 Å². The zero-order valence-corrected chi connectivity index (χ0v) is 32.3. The minimum absolute atomic E-state index is 0.0173. The topological polar surface area (TPSA) is 102 Å². The number of likely N-dealkylation sites (N-methyl/N-ethyl adjacent to an activating group) is 1. The van der Waals surface area contributed by atoms with E-state index in [1.807, 2.05) is 36.5 Å². The van der Waals surface area contributed by atoms with Gasteiger partial charge in [0.15, 0.2) is 6.10 Å². The molecule has 8 heteroatoms. The first-order chi connectivity index (χ1) is 24.1. The van der Waals surface area contributed by atoms with Crippen LogP contribution in [0.25, 0.3) is 0 Å². The molecule has 0 aromatic heterocycles. The first-order valence-corrected chi connectivity index (χ1v) is 19.4. The van der Waals surface area contributed by atoms with Crippen LogP contribution in [0, 0.1) is 0 Å². The quantitative estimate of drug-likeness (QED) is 0.0222. The number of esters is 2. The van der Waals surface area contributed by atoms with Crippen LogP contribution in [0.1, 0.15) is 136 Å². The lowest BCUT2D eigenvalue weighted by Gasteiger charge is -2.34. The number of aliphatic carboxylic acids is 1. The van der Waals surface area contributed by atoms with E-state index in [9.17, 15) is 19.5 Å². The molecule has 0 N–H and O–H groups in total. The van der Waals surface area contributed by atoms with Crippen LogP contribution in [-0.4, -0.2) is 75.5 Å². The summed E-state index contributed by atoms with van der Waals surface area (Å²) in [6, 6.07) is -0.736. The fraction of sp³-hybridized carbons (Fsp3) is 0.690. The average Bonchev–Trinajstić information content (AvgIpc) is 3.06. The van der Waals surface area contributed by atoms with Crippen molar-refractivity contribution < 1.29 is 38.2 Å². The van der Waals surface area contributed by atoms with Gasteiger partial charge in [-0.25, -0.2) is 0 Å². The fourth-order valence-electron chi connectivity index (χ4n) is 5.19. The Morgan fingerprint density at radius 3 is 1.72 bits per heavy atom. The Hall–Kier alpha value is -2.97. The van der Waals surface area contributed by atoms with Gasteiger partial charge < -0.3 is 28.6 Å². The molecule has 0 bridgehead atoms. The second-order valence-corrected chi connectivity index (χ2v) is 13.9. The third kappa shape index (κ3) is 31.0. The molecule has 0 aliphatic carbocycles. The van der Waals surface area contributed by atoms with Crippen LogP contribution in [0.5, 0.6) is 0 Å². The zero-order chi connectivity index (χ0) is 37.1. The molecule has 286 valence electrons. The van der Waals surface area contributed by atoms with Crippen molar-refractivity contribution >= 4 is 17.9 Å². The van der Waals surface area contributed by atoms with E-state index in [1.54, 1.807) is 21.1 Å². The van der Waals surface area contributed by atoms with Crippen LogP contribution >= 0.6 is 0 Å². The highest BCUT2D eigenvalue weighted by molar-refractivity contribution is 5.70. The maximum Gasteiger partial charge on any atom is 0.306 e. The number of unbranched alkanes of at least 4 members (excludes halogenated alkanes) is 12. The van der Waals surface area contributed by atoms with Gasteiger partial charge in [0.1, 0.15) is 12.6 Å². The number of carbonyl (C=O) groups is 3. The highest BCUT2D eigenvalue weighted by Crippen LogP contribution is 2.12. The predicted molar refractivity (Wildman–Crippen MR) is 203 cm³/mol. The van der Waals surface area contributed by atoms with Gasteiger partial charge in [-0.3, -0.25) is 9.59 Å². The van der Waals surface area contributed by atoms with Crippen LogP contribution in [0.3, 0.4) is 0 Å². The third-order valence-corrected chi connectivity index (χ3v) is 8.23. The Morgan fingerprint density at radius 1 is 0.620 bits per heavy atom. The van der Waals surface area contributed by atoms with Gasteiger partial charge in [0.2, 0.25) is 0 Å². The maximum atomic E-state index is 12.6. The lowest BCUT2D eigenvalue weighted by Crippen LogP contribution is -2.55. The summed E-state index contributed by atoms with van der Waals surface area (Å²) in [5.41, 5.74) is 0. The number of quaternary nitrogens is 1. The van der Waals surface area contributed by atoms with Gasteiger partial charge in [-0.15, -0.1) is 0 Å². The van der Waals surface area contributed by atoms with E-state index in [-0.39, 0.29) is 49.1 Å². The Balaban J connectivity index is 4.53. The molecular formula is C42H71NO7. The van der Waals surface area contributed by atoms with Crippen molar-refractivity contribution in [1.29, 1.82) is 0 Å². The molecule has 2 unspecified atom stereocenters. The van der Waals surface area contributed by atoms with Crippen LogP contribution in [0.4, 0.5) is 0 Å². The smallest absolute Gasteiger partial charge is 0.306 e. The number of carbonyl (C=O) groups excluding carboxylic acids is 3. The van der Waals surface area contributed by atoms with E-state index >= 15 is 0 Å². The Kier molecular flexibility index (Phi) is 31.2. The summed E-state index contributed by atoms with van der Waals surface area (Å²) in [5.74, 6) is -1.82. The van der Waals surface area contributed by atoms with E-state index in [2.05, 4.69) is 38.2 Å². The summed E-state index contributed by atoms with van der Waals surface area (Å²) in [6.45, 7) is 4.42. The summed E-state index contributed by atoms with van der Waals surface area (Å²) in [7, 11) is 5.37. The van der Waals surface area contributed by atoms with Gasteiger partial charge in [-0.05, 0) is 57.8 Å². The van der Waals surface area contributed by atoms with Crippen molar-refractivity contribution in [2.45, 2.75) is 148 Å². The lowest BCUT2D eigenvalue weighted by atomic mass is 10.1. The fourth-order valence-corrected chi connectivity index (χ4v) is 5.19. The Labute approximate surface area is 305 Å². The van der Waals surface area contributed by atoms with E-state index in [0.29, 0.717) is 12.8 Å². The maximum absolute atomic E-state index is 12.6. The largest absolute Gasteiger partial charge is 0.544 e. The van der Waals surface area contributed by atoms with Gasteiger partial charge in [-0.2, -0.15) is 0 Å². The summed E-state index contributed by atoms with van der Waals surface area (Å²) in [5, 5.41) is 11.6. The predicted octanol–water partition coefficient (Wildman–Crippen LogP) is 8.52. The Morgan fingerprint density at radius 2 is 1.14 bits per heavy atom. The molecule has 2 atom stereocenters. The average molecular weight is 702 g/mol. The summed E-state index contributed by atoms with van der Waals surface area (Å²) in [4.78, 5) is 36.6. The van der Waals surface area contributed by atoms with Crippen molar-refractivity contribution in [2.75, 3.05) is 41.0 Å². The second-order valence-electron chi connectivity index (χ2n) is 13.9. The first-order valence-electron chi connectivity index (χ1n) is 19.4. The number of hydrogen-bond acceptors (Lipinski definition) is 7. The molecule has 0 aliphatic rings. The van der Waals surface area contributed by atoms with E-state index in [4.69, 9.17) is 14.2 Å².